The number of nitro benzene ring substituents is 1. The van der Waals surface area contributed by atoms with Crippen LogP contribution in [0.4, 0.5) is 5.69 Å². The van der Waals surface area contributed by atoms with Gasteiger partial charge in [-0.25, -0.2) is 0 Å². The van der Waals surface area contributed by atoms with Gasteiger partial charge in [0.25, 0.3) is 5.69 Å². The molecule has 2 aliphatic rings. The van der Waals surface area contributed by atoms with Gasteiger partial charge in [-0.15, -0.1) is 0 Å². The van der Waals surface area contributed by atoms with Crippen molar-refractivity contribution in [2.45, 2.75) is 38.3 Å². The minimum absolute atomic E-state index is 0.0744. The predicted molar refractivity (Wildman–Crippen MR) is 119 cm³/mol. The molecule has 1 saturated heterocycles. The number of para-hydroxylation sites is 1. The third-order valence-corrected chi connectivity index (χ3v) is 6.51. The summed E-state index contributed by atoms with van der Waals surface area (Å²) in [5.41, 5.74) is 2.51. The highest BCUT2D eigenvalue weighted by molar-refractivity contribution is 6.42. The smallest absolute Gasteiger partial charge is 0.269 e. The van der Waals surface area contributed by atoms with Gasteiger partial charge in [0, 0.05) is 32.1 Å². The average Bonchev–Trinajstić information content (AvgIpc) is 3.37. The summed E-state index contributed by atoms with van der Waals surface area (Å²) in [5.74, 6) is 0.0862. The Morgan fingerprint density at radius 1 is 1.13 bits per heavy atom. The van der Waals surface area contributed by atoms with E-state index in [1.165, 1.54) is 30.5 Å². The van der Waals surface area contributed by atoms with Crippen molar-refractivity contribution in [2.24, 2.45) is 0 Å². The SMILES string of the molecule is CC(=O)N(C)C1c2cc(Cl)c(Cl)cc2CC1N1CCCC1.O=[N+]([O-])c1ccccc1. The maximum atomic E-state index is 11.9. The molecule has 0 spiro atoms. The number of amides is 1. The molecule has 0 aromatic heterocycles. The van der Waals surface area contributed by atoms with Crippen molar-refractivity contribution >= 4 is 34.8 Å². The quantitative estimate of drug-likeness (QED) is 0.481. The largest absolute Gasteiger partial charge is 0.337 e. The van der Waals surface area contributed by atoms with Crippen LogP contribution in [0.25, 0.3) is 0 Å². The molecule has 1 fully saturated rings. The second kappa shape index (κ2) is 9.77. The molecule has 30 heavy (non-hydrogen) atoms. The number of likely N-dealkylation sites (tertiary alicyclic amines) is 1. The number of carbonyl (C=O) groups excluding carboxylic acids is 1. The number of nitrogens with zero attached hydrogens (tertiary/aromatic N) is 3. The summed E-state index contributed by atoms with van der Waals surface area (Å²) in [6.45, 7) is 3.85. The summed E-state index contributed by atoms with van der Waals surface area (Å²) >= 11 is 12.4. The predicted octanol–water partition coefficient (Wildman–Crippen LogP) is 5.13. The van der Waals surface area contributed by atoms with E-state index < -0.39 is 4.92 Å². The van der Waals surface area contributed by atoms with Gasteiger partial charge >= 0.3 is 0 Å². The lowest BCUT2D eigenvalue weighted by Crippen LogP contribution is -2.43. The highest BCUT2D eigenvalue weighted by Gasteiger charge is 2.40. The lowest BCUT2D eigenvalue weighted by molar-refractivity contribution is -0.384. The fraction of sp³-hybridized carbons (Fsp3) is 0.409. The second-order valence-corrected chi connectivity index (χ2v) is 8.46. The Balaban J connectivity index is 0.000000239. The molecule has 0 N–H and O–H groups in total. The second-order valence-electron chi connectivity index (χ2n) is 7.65. The van der Waals surface area contributed by atoms with Crippen molar-refractivity contribution < 1.29 is 9.72 Å². The van der Waals surface area contributed by atoms with Crippen LogP contribution in [0.1, 0.15) is 36.9 Å². The Kier molecular flexibility index (Phi) is 7.34. The van der Waals surface area contributed by atoms with Gasteiger partial charge in [-0.2, -0.15) is 0 Å². The molecule has 0 radical (unpaired) electrons. The summed E-state index contributed by atoms with van der Waals surface area (Å²) < 4.78 is 0. The molecule has 1 aliphatic heterocycles. The van der Waals surface area contributed by atoms with Crippen LogP contribution >= 0.6 is 23.2 Å². The summed E-state index contributed by atoms with van der Waals surface area (Å²) in [5, 5.41) is 11.2. The van der Waals surface area contributed by atoms with E-state index in [4.69, 9.17) is 23.2 Å². The van der Waals surface area contributed by atoms with E-state index in [1.807, 2.05) is 24.1 Å². The summed E-state index contributed by atoms with van der Waals surface area (Å²) in [6, 6.07) is 12.3. The van der Waals surface area contributed by atoms with E-state index in [2.05, 4.69) is 4.90 Å². The van der Waals surface area contributed by atoms with Gasteiger partial charge in [0.1, 0.15) is 0 Å². The molecule has 0 saturated carbocycles. The average molecular weight is 450 g/mol. The number of rotatable bonds is 3. The molecule has 4 rings (SSSR count). The van der Waals surface area contributed by atoms with Crippen LogP contribution < -0.4 is 0 Å². The molecule has 0 bridgehead atoms. The van der Waals surface area contributed by atoms with E-state index >= 15 is 0 Å². The van der Waals surface area contributed by atoms with E-state index in [0.717, 1.165) is 25.1 Å². The third-order valence-electron chi connectivity index (χ3n) is 5.78. The number of carbonyl (C=O) groups is 1. The van der Waals surface area contributed by atoms with Gasteiger partial charge < -0.3 is 4.90 Å². The van der Waals surface area contributed by atoms with Crippen LogP contribution in [-0.4, -0.2) is 46.8 Å². The van der Waals surface area contributed by atoms with E-state index in [9.17, 15) is 14.9 Å². The molecule has 6 nitrogen and oxygen atoms in total. The van der Waals surface area contributed by atoms with Crippen LogP contribution in [0.2, 0.25) is 10.0 Å². The number of halogens is 2. The Morgan fingerprint density at radius 2 is 1.73 bits per heavy atom. The van der Waals surface area contributed by atoms with Gasteiger partial charge in [-0.1, -0.05) is 41.4 Å². The summed E-state index contributed by atoms with van der Waals surface area (Å²) in [4.78, 5) is 25.8. The summed E-state index contributed by atoms with van der Waals surface area (Å²) in [6.07, 6.45) is 3.42. The number of benzene rings is 2. The number of non-ortho nitro benzene ring substituents is 1. The van der Waals surface area contributed by atoms with E-state index in [-0.39, 0.29) is 17.6 Å². The zero-order valence-electron chi connectivity index (χ0n) is 17.1. The molecule has 1 heterocycles. The van der Waals surface area contributed by atoms with Gasteiger partial charge in [0.2, 0.25) is 5.91 Å². The molecule has 8 heteroatoms. The van der Waals surface area contributed by atoms with E-state index in [0.29, 0.717) is 16.1 Å². The fourth-order valence-corrected chi connectivity index (χ4v) is 4.57. The number of hydrogen-bond acceptors (Lipinski definition) is 4. The molecule has 2 aromatic carbocycles. The maximum Gasteiger partial charge on any atom is 0.269 e. The van der Waals surface area contributed by atoms with Crippen LogP contribution in [0.3, 0.4) is 0 Å². The minimum Gasteiger partial charge on any atom is -0.337 e. The van der Waals surface area contributed by atoms with Crippen molar-refractivity contribution in [1.82, 2.24) is 9.80 Å². The van der Waals surface area contributed by atoms with Gasteiger partial charge in [0.15, 0.2) is 0 Å². The summed E-state index contributed by atoms with van der Waals surface area (Å²) in [7, 11) is 1.88. The molecular weight excluding hydrogens is 425 g/mol. The number of likely N-dealkylation sites (N-methyl/N-ethyl adjacent to an activating group) is 1. The van der Waals surface area contributed by atoms with Crippen molar-refractivity contribution in [3.8, 4) is 0 Å². The topological polar surface area (TPSA) is 66.7 Å². The van der Waals surface area contributed by atoms with Crippen LogP contribution in [0.5, 0.6) is 0 Å². The van der Waals surface area contributed by atoms with Crippen LogP contribution in [0.15, 0.2) is 42.5 Å². The monoisotopic (exact) mass is 449 g/mol. The lowest BCUT2D eigenvalue weighted by atomic mass is 10.0. The minimum atomic E-state index is -0.417. The van der Waals surface area contributed by atoms with Gasteiger partial charge in [-0.3, -0.25) is 19.8 Å². The molecule has 2 atom stereocenters. The highest BCUT2D eigenvalue weighted by atomic mass is 35.5. The lowest BCUT2D eigenvalue weighted by Gasteiger charge is -2.35. The first kappa shape index (κ1) is 22.5. The van der Waals surface area contributed by atoms with Crippen molar-refractivity contribution in [2.75, 3.05) is 20.1 Å². The number of nitro groups is 1. The molecule has 2 unspecified atom stereocenters. The molecular formula is C22H25Cl2N3O3. The number of fused-ring (bicyclic) bond motifs is 1. The Bertz CT molecular complexity index is 917. The zero-order chi connectivity index (χ0) is 21.8. The Labute approximate surface area is 186 Å². The molecule has 1 amide bonds. The first-order valence-electron chi connectivity index (χ1n) is 9.94. The molecule has 160 valence electrons. The van der Waals surface area contributed by atoms with Gasteiger partial charge in [-0.05, 0) is 55.6 Å². The number of hydrogen-bond donors (Lipinski definition) is 0. The maximum absolute atomic E-state index is 11.9. The van der Waals surface area contributed by atoms with Gasteiger partial charge in [0.05, 0.1) is 21.0 Å². The normalized spacial score (nSPS) is 20.3. The van der Waals surface area contributed by atoms with E-state index in [1.54, 1.807) is 25.1 Å². The van der Waals surface area contributed by atoms with Crippen molar-refractivity contribution in [1.29, 1.82) is 0 Å². The van der Waals surface area contributed by atoms with Crippen molar-refractivity contribution in [3.63, 3.8) is 0 Å². The Hall–Kier alpha value is -2.15. The highest BCUT2D eigenvalue weighted by Crippen LogP contribution is 2.42. The standard InChI is InChI=1S/C16H20Cl2N2O.C6H5NO2/c1-10(21)19(2)16-12-9-14(18)13(17)7-11(12)8-15(16)20-5-3-4-6-20;8-7(9)6-4-2-1-3-5-6/h7,9,15-16H,3-6,8H2,1-2H3;1-5H. The Morgan fingerprint density at radius 3 is 2.27 bits per heavy atom. The van der Waals surface area contributed by atoms with Crippen LogP contribution in [0, 0.1) is 10.1 Å². The molecule has 1 aliphatic carbocycles. The molecule has 2 aromatic rings. The fourth-order valence-electron chi connectivity index (χ4n) is 4.21. The van der Waals surface area contributed by atoms with Crippen molar-refractivity contribution in [3.05, 3.63) is 73.8 Å². The third kappa shape index (κ3) is 4.94. The van der Waals surface area contributed by atoms with Crippen LogP contribution in [-0.2, 0) is 11.2 Å². The first-order valence-corrected chi connectivity index (χ1v) is 10.7. The first-order chi connectivity index (χ1) is 14.3. The zero-order valence-corrected chi connectivity index (χ0v) is 18.6.